The molecule has 1 saturated heterocycles. The van der Waals surface area contributed by atoms with Crippen LogP contribution in [-0.4, -0.2) is 48.8 Å². The molecule has 1 aliphatic heterocycles. The number of carbonyl (C=O) groups is 1. The molecule has 2 rings (SSSR count). The molecule has 23 heavy (non-hydrogen) atoms. The van der Waals surface area contributed by atoms with Crippen molar-refractivity contribution in [2.45, 2.75) is 45.0 Å². The van der Waals surface area contributed by atoms with Gasteiger partial charge in [-0.1, -0.05) is 0 Å². The Bertz CT molecular complexity index is 620. The number of nitrogens with zero attached hydrogens (tertiary/aromatic N) is 2. The van der Waals surface area contributed by atoms with E-state index in [9.17, 15) is 13.2 Å². The molecule has 0 N–H and O–H groups in total. The summed E-state index contributed by atoms with van der Waals surface area (Å²) in [6.07, 6.45) is 2.86. The zero-order chi connectivity index (χ0) is 17.1. The Balaban J connectivity index is 1.92. The summed E-state index contributed by atoms with van der Waals surface area (Å²) in [6.45, 7) is 6.54. The number of thiazole rings is 1. The van der Waals surface area contributed by atoms with E-state index in [1.54, 1.807) is 16.6 Å². The molecule has 0 aromatic carbocycles. The number of hydrogen-bond donors (Lipinski definition) is 0. The Morgan fingerprint density at radius 3 is 2.83 bits per heavy atom. The highest BCUT2D eigenvalue weighted by atomic mass is 32.2. The van der Waals surface area contributed by atoms with Crippen molar-refractivity contribution in [2.24, 2.45) is 5.92 Å². The standard InChI is InChI=1S/C15H24N2O4S2/c1-15(2,3)21-14(18)17-6-4-5-12(8-17)9-23(19,20)10-13-7-16-11-22-13/h7,11-12H,4-6,8-10H2,1-3H3. The van der Waals surface area contributed by atoms with Crippen molar-refractivity contribution in [3.63, 3.8) is 0 Å². The van der Waals surface area contributed by atoms with Crippen molar-refractivity contribution in [2.75, 3.05) is 18.8 Å². The van der Waals surface area contributed by atoms with Gasteiger partial charge in [0.2, 0.25) is 0 Å². The molecule has 0 radical (unpaired) electrons. The van der Waals surface area contributed by atoms with Gasteiger partial charge in [-0.15, -0.1) is 11.3 Å². The summed E-state index contributed by atoms with van der Waals surface area (Å²) in [5.41, 5.74) is 1.10. The SMILES string of the molecule is CC(C)(C)OC(=O)N1CCCC(CS(=O)(=O)Cc2cncs2)C1. The van der Waals surface area contributed by atoms with Gasteiger partial charge in [0.15, 0.2) is 9.84 Å². The second-order valence-electron chi connectivity index (χ2n) is 6.96. The van der Waals surface area contributed by atoms with E-state index in [4.69, 9.17) is 4.74 Å². The van der Waals surface area contributed by atoms with Crippen molar-refractivity contribution in [1.82, 2.24) is 9.88 Å². The molecule has 1 aromatic heterocycles. The molecule has 1 amide bonds. The zero-order valence-electron chi connectivity index (χ0n) is 13.8. The van der Waals surface area contributed by atoms with Gasteiger partial charge < -0.3 is 9.64 Å². The summed E-state index contributed by atoms with van der Waals surface area (Å²) in [4.78, 5) is 18.4. The lowest BCUT2D eigenvalue weighted by Gasteiger charge is -2.34. The molecule has 130 valence electrons. The van der Waals surface area contributed by atoms with Crippen molar-refractivity contribution in [3.8, 4) is 0 Å². The first-order valence-electron chi connectivity index (χ1n) is 7.70. The van der Waals surface area contributed by atoms with E-state index in [1.807, 2.05) is 20.8 Å². The van der Waals surface area contributed by atoms with Gasteiger partial charge >= 0.3 is 6.09 Å². The second-order valence-corrected chi connectivity index (χ2v) is 10.0. The average Bonchev–Trinajstić information content (AvgIpc) is 2.88. The highest BCUT2D eigenvalue weighted by Crippen LogP contribution is 2.22. The number of amides is 1. The topological polar surface area (TPSA) is 76.6 Å². The normalized spacial score (nSPS) is 19.6. The van der Waals surface area contributed by atoms with Gasteiger partial charge in [0.25, 0.3) is 0 Å². The first-order chi connectivity index (χ1) is 10.6. The molecular weight excluding hydrogens is 336 g/mol. The van der Waals surface area contributed by atoms with Crippen molar-refractivity contribution in [1.29, 1.82) is 0 Å². The van der Waals surface area contributed by atoms with Crippen LogP contribution in [0.1, 0.15) is 38.5 Å². The Hall–Kier alpha value is -1.15. The van der Waals surface area contributed by atoms with E-state index in [0.29, 0.717) is 13.1 Å². The first-order valence-corrected chi connectivity index (χ1v) is 10.4. The molecule has 0 saturated carbocycles. The number of aromatic nitrogens is 1. The molecule has 8 heteroatoms. The molecule has 1 unspecified atom stereocenters. The molecule has 1 fully saturated rings. The Labute approximate surface area is 141 Å². The number of rotatable bonds is 4. The van der Waals surface area contributed by atoms with Crippen molar-refractivity contribution >= 4 is 27.3 Å². The Kier molecular flexibility index (Phi) is 5.67. The average molecular weight is 361 g/mol. The molecule has 1 aromatic rings. The Morgan fingerprint density at radius 1 is 1.48 bits per heavy atom. The van der Waals surface area contributed by atoms with Crippen molar-refractivity contribution < 1.29 is 17.9 Å². The molecule has 0 spiro atoms. The Morgan fingerprint density at radius 2 is 2.22 bits per heavy atom. The second kappa shape index (κ2) is 7.17. The third-order valence-corrected chi connectivity index (χ3v) is 6.20. The number of piperidine rings is 1. The van der Waals surface area contributed by atoms with Crippen molar-refractivity contribution in [3.05, 3.63) is 16.6 Å². The fourth-order valence-electron chi connectivity index (χ4n) is 2.64. The van der Waals surface area contributed by atoms with Crippen LogP contribution in [0.15, 0.2) is 11.7 Å². The van der Waals surface area contributed by atoms with Crippen LogP contribution in [0.4, 0.5) is 4.79 Å². The maximum absolute atomic E-state index is 12.3. The maximum atomic E-state index is 12.3. The predicted octanol–water partition coefficient (Wildman–Crippen LogP) is 2.71. The molecule has 0 aliphatic carbocycles. The summed E-state index contributed by atoms with van der Waals surface area (Å²) in [7, 11) is -3.20. The van der Waals surface area contributed by atoms with Gasteiger partial charge in [-0.3, -0.25) is 4.98 Å². The van der Waals surface area contributed by atoms with E-state index in [1.165, 1.54) is 11.3 Å². The van der Waals surface area contributed by atoms with Crippen LogP contribution < -0.4 is 0 Å². The zero-order valence-corrected chi connectivity index (χ0v) is 15.5. The lowest BCUT2D eigenvalue weighted by atomic mass is 10.0. The molecule has 0 bridgehead atoms. The monoisotopic (exact) mass is 360 g/mol. The number of ether oxygens (including phenoxy) is 1. The van der Waals surface area contributed by atoms with E-state index in [-0.39, 0.29) is 23.5 Å². The third kappa shape index (κ3) is 6.10. The maximum Gasteiger partial charge on any atom is 0.410 e. The third-order valence-electron chi connectivity index (χ3n) is 3.51. The van der Waals surface area contributed by atoms with Crippen LogP contribution in [-0.2, 0) is 20.3 Å². The van der Waals surface area contributed by atoms with Crippen LogP contribution in [0.3, 0.4) is 0 Å². The van der Waals surface area contributed by atoms with E-state index in [0.717, 1.165) is 17.7 Å². The summed E-state index contributed by atoms with van der Waals surface area (Å²) in [6, 6.07) is 0. The van der Waals surface area contributed by atoms with E-state index < -0.39 is 15.4 Å². The number of sulfone groups is 1. The summed E-state index contributed by atoms with van der Waals surface area (Å²) in [5.74, 6) is 0.0966. The van der Waals surface area contributed by atoms with Gasteiger partial charge in [0.1, 0.15) is 5.60 Å². The van der Waals surface area contributed by atoms with Gasteiger partial charge in [-0.2, -0.15) is 0 Å². The molecule has 6 nitrogen and oxygen atoms in total. The highest BCUT2D eigenvalue weighted by Gasteiger charge is 2.30. The molecular formula is C15H24N2O4S2. The summed E-state index contributed by atoms with van der Waals surface area (Å²) >= 11 is 1.35. The van der Waals surface area contributed by atoms with Gasteiger partial charge in [0, 0.05) is 24.2 Å². The van der Waals surface area contributed by atoms with E-state index in [2.05, 4.69) is 4.98 Å². The number of likely N-dealkylation sites (tertiary alicyclic amines) is 1. The number of hydrogen-bond acceptors (Lipinski definition) is 6. The lowest BCUT2D eigenvalue weighted by molar-refractivity contribution is 0.0176. The van der Waals surface area contributed by atoms with Crippen LogP contribution in [0.25, 0.3) is 0 Å². The number of carbonyl (C=O) groups excluding carboxylic acids is 1. The fraction of sp³-hybridized carbons (Fsp3) is 0.733. The van der Waals surface area contributed by atoms with Gasteiger partial charge in [-0.25, -0.2) is 13.2 Å². The van der Waals surface area contributed by atoms with Crippen LogP contribution in [0.2, 0.25) is 0 Å². The van der Waals surface area contributed by atoms with Gasteiger partial charge in [0.05, 0.1) is 17.0 Å². The largest absolute Gasteiger partial charge is 0.444 e. The smallest absolute Gasteiger partial charge is 0.410 e. The minimum absolute atomic E-state index is 0.0284. The lowest BCUT2D eigenvalue weighted by Crippen LogP contribution is -2.44. The minimum atomic E-state index is -3.20. The molecule has 2 heterocycles. The van der Waals surface area contributed by atoms with Gasteiger partial charge in [-0.05, 0) is 39.5 Å². The van der Waals surface area contributed by atoms with Crippen LogP contribution >= 0.6 is 11.3 Å². The fourth-order valence-corrected chi connectivity index (χ4v) is 5.45. The minimum Gasteiger partial charge on any atom is -0.444 e. The van der Waals surface area contributed by atoms with E-state index >= 15 is 0 Å². The van der Waals surface area contributed by atoms with Crippen LogP contribution in [0, 0.1) is 5.92 Å². The quantitative estimate of drug-likeness (QED) is 0.825. The highest BCUT2D eigenvalue weighted by molar-refractivity contribution is 7.90. The molecule has 1 atom stereocenters. The molecule has 1 aliphatic rings. The summed E-state index contributed by atoms with van der Waals surface area (Å²) in [5, 5.41) is 0. The first kappa shape index (κ1) is 18.2. The summed E-state index contributed by atoms with van der Waals surface area (Å²) < 4.78 is 30.0. The van der Waals surface area contributed by atoms with Crippen LogP contribution in [0.5, 0.6) is 0 Å². The predicted molar refractivity (Wildman–Crippen MR) is 90.1 cm³/mol.